The van der Waals surface area contributed by atoms with Gasteiger partial charge >= 0.3 is 0 Å². The lowest BCUT2D eigenvalue weighted by atomic mass is 9.76. The fourth-order valence-corrected chi connectivity index (χ4v) is 6.97. The number of hydrogen-bond acceptors (Lipinski definition) is 5. The molecule has 0 aliphatic carbocycles. The zero-order valence-electron chi connectivity index (χ0n) is 16.5. The molecular formula is C21H20ClF2NO5S. The molecule has 1 fully saturated rings. The summed E-state index contributed by atoms with van der Waals surface area (Å²) in [5.74, 6) is -3.34. The van der Waals surface area contributed by atoms with Crippen LogP contribution in [-0.2, 0) is 24.1 Å². The quantitative estimate of drug-likeness (QED) is 0.740. The lowest BCUT2D eigenvalue weighted by Crippen LogP contribution is -2.59. The zero-order chi connectivity index (χ0) is 22.4. The minimum Gasteiger partial charge on any atom is -0.490 e. The largest absolute Gasteiger partial charge is 0.490 e. The summed E-state index contributed by atoms with van der Waals surface area (Å²) in [6, 6.07) is 7.34. The normalized spacial score (nSPS) is 25.2. The molecule has 3 atom stereocenters. The second kappa shape index (κ2) is 8.03. The molecule has 0 saturated carbocycles. The highest BCUT2D eigenvalue weighted by molar-refractivity contribution is 7.92. The molecule has 1 amide bonds. The second-order valence-corrected chi connectivity index (χ2v) is 10.2. The topological polar surface area (TPSA) is 81.7 Å². The summed E-state index contributed by atoms with van der Waals surface area (Å²) in [5.41, 5.74) is -0.338. The molecule has 166 valence electrons. The average Bonchev–Trinajstić information content (AvgIpc) is 2.74. The van der Waals surface area contributed by atoms with Crippen LogP contribution in [0.3, 0.4) is 0 Å². The van der Waals surface area contributed by atoms with E-state index in [0.29, 0.717) is 5.02 Å². The van der Waals surface area contributed by atoms with Crippen molar-refractivity contribution in [3.05, 3.63) is 58.6 Å². The van der Waals surface area contributed by atoms with Crippen molar-refractivity contribution in [2.75, 3.05) is 19.8 Å². The van der Waals surface area contributed by atoms with E-state index in [1.807, 2.05) is 0 Å². The fraction of sp³-hybridized carbons (Fsp3) is 0.381. The van der Waals surface area contributed by atoms with E-state index in [0.717, 1.165) is 12.1 Å². The molecule has 1 saturated heterocycles. The molecule has 0 radical (unpaired) electrons. The van der Waals surface area contributed by atoms with E-state index in [-0.39, 0.29) is 42.5 Å². The van der Waals surface area contributed by atoms with Crippen LogP contribution in [0, 0.1) is 17.6 Å². The van der Waals surface area contributed by atoms with Crippen molar-refractivity contribution in [1.29, 1.82) is 0 Å². The number of sulfone groups is 1. The first kappa shape index (κ1) is 22.0. The summed E-state index contributed by atoms with van der Waals surface area (Å²) in [5, 5.41) is 2.96. The van der Waals surface area contributed by atoms with Crippen molar-refractivity contribution in [1.82, 2.24) is 5.32 Å². The van der Waals surface area contributed by atoms with Crippen LogP contribution in [0.2, 0.25) is 5.02 Å². The average molecular weight is 472 g/mol. The first-order chi connectivity index (χ1) is 14.7. The smallest absolute Gasteiger partial charge is 0.216 e. The molecule has 31 heavy (non-hydrogen) atoms. The van der Waals surface area contributed by atoms with Crippen LogP contribution < -0.4 is 10.1 Å². The van der Waals surface area contributed by atoms with Crippen molar-refractivity contribution < 1.29 is 31.5 Å². The van der Waals surface area contributed by atoms with Crippen LogP contribution in [0.1, 0.15) is 18.9 Å². The van der Waals surface area contributed by atoms with E-state index in [1.165, 1.54) is 31.2 Å². The van der Waals surface area contributed by atoms with Gasteiger partial charge in [0.1, 0.15) is 10.6 Å². The molecule has 6 nitrogen and oxygen atoms in total. The van der Waals surface area contributed by atoms with Crippen molar-refractivity contribution >= 4 is 27.3 Å². The van der Waals surface area contributed by atoms with Crippen LogP contribution in [0.25, 0.3) is 0 Å². The Morgan fingerprint density at radius 1 is 1.19 bits per heavy atom. The van der Waals surface area contributed by atoms with Gasteiger partial charge in [0, 0.05) is 31.0 Å². The number of ether oxygens (including phenoxy) is 2. The molecule has 2 aromatic carbocycles. The second-order valence-electron chi connectivity index (χ2n) is 7.59. The number of carbonyl (C=O) groups excluding carboxylic acids is 1. The predicted octanol–water partition coefficient (Wildman–Crippen LogP) is 3.22. The predicted molar refractivity (Wildman–Crippen MR) is 109 cm³/mol. The lowest BCUT2D eigenvalue weighted by molar-refractivity contribution is -0.121. The summed E-state index contributed by atoms with van der Waals surface area (Å²) in [6.45, 7) is 1.09. The van der Waals surface area contributed by atoms with Crippen LogP contribution in [0.5, 0.6) is 5.75 Å². The summed E-state index contributed by atoms with van der Waals surface area (Å²) in [4.78, 5) is 11.4. The van der Waals surface area contributed by atoms with Crippen molar-refractivity contribution in [2.24, 2.45) is 5.92 Å². The number of carbonyl (C=O) groups is 1. The maximum Gasteiger partial charge on any atom is 0.216 e. The number of amides is 1. The Kier molecular flexibility index (Phi) is 5.70. The third-order valence-corrected chi connectivity index (χ3v) is 8.71. The highest BCUT2D eigenvalue weighted by Gasteiger charge is 2.61. The Morgan fingerprint density at radius 3 is 2.55 bits per heavy atom. The number of fused-ring (bicyclic) bond motifs is 3. The first-order valence-electron chi connectivity index (χ1n) is 9.66. The Bertz CT molecular complexity index is 1130. The fourth-order valence-electron chi connectivity index (χ4n) is 4.50. The standard InChI is InChI=1S/C21H20ClF2NO5S/c1-12(26)25-10-18-15-11-30-20-17(24)7-6-16(23)19(20)21(15,8-9-29-18)31(27,28)14-4-2-13(22)3-5-14/h2-7,15,18H,8-11H2,1H3,(H,25,26)/t15-,18-,21-/m0/s1. The van der Waals surface area contributed by atoms with Crippen LogP contribution >= 0.6 is 11.6 Å². The maximum absolute atomic E-state index is 15.2. The molecule has 4 rings (SSSR count). The Labute approximate surface area is 183 Å². The molecule has 0 spiro atoms. The molecule has 2 heterocycles. The highest BCUT2D eigenvalue weighted by atomic mass is 35.5. The van der Waals surface area contributed by atoms with E-state index in [2.05, 4.69) is 5.32 Å². The molecule has 1 N–H and O–H groups in total. The minimum absolute atomic E-state index is 0.00746. The molecule has 2 aliphatic heterocycles. The van der Waals surface area contributed by atoms with E-state index >= 15 is 4.39 Å². The zero-order valence-corrected chi connectivity index (χ0v) is 18.1. The monoisotopic (exact) mass is 471 g/mol. The molecule has 0 unspecified atom stereocenters. The van der Waals surface area contributed by atoms with Gasteiger partial charge in [-0.15, -0.1) is 0 Å². The van der Waals surface area contributed by atoms with Crippen molar-refractivity contribution in [3.63, 3.8) is 0 Å². The van der Waals surface area contributed by atoms with Crippen molar-refractivity contribution in [2.45, 2.75) is 29.1 Å². The van der Waals surface area contributed by atoms with E-state index in [1.54, 1.807) is 0 Å². The number of benzene rings is 2. The number of halogens is 3. The molecule has 0 aromatic heterocycles. The number of hydrogen-bond donors (Lipinski definition) is 1. The highest BCUT2D eigenvalue weighted by Crippen LogP contribution is 2.55. The summed E-state index contributed by atoms with van der Waals surface area (Å²) in [7, 11) is -4.26. The van der Waals surface area contributed by atoms with Crippen LogP contribution in [-0.4, -0.2) is 40.2 Å². The van der Waals surface area contributed by atoms with Crippen molar-refractivity contribution in [3.8, 4) is 5.75 Å². The van der Waals surface area contributed by atoms with Gasteiger partial charge in [-0.2, -0.15) is 0 Å². The maximum atomic E-state index is 15.2. The van der Waals surface area contributed by atoms with Gasteiger partial charge in [0.05, 0.1) is 23.2 Å². The molecule has 10 heteroatoms. The van der Waals surface area contributed by atoms with E-state index in [4.69, 9.17) is 21.1 Å². The van der Waals surface area contributed by atoms with Gasteiger partial charge in [0.25, 0.3) is 0 Å². The van der Waals surface area contributed by atoms with E-state index in [9.17, 15) is 17.6 Å². The van der Waals surface area contributed by atoms with Gasteiger partial charge in [0.2, 0.25) is 5.91 Å². The minimum atomic E-state index is -4.26. The number of rotatable bonds is 4. The SMILES string of the molecule is CC(=O)NC[C@@H]1OCC[C@@]2(S(=O)(=O)c3ccc(Cl)cc3)c3c(F)ccc(F)c3OC[C@@H]12. The summed E-state index contributed by atoms with van der Waals surface area (Å²) in [6.07, 6.45) is -0.883. The van der Waals surface area contributed by atoms with Gasteiger partial charge in [-0.3, -0.25) is 4.79 Å². The van der Waals surface area contributed by atoms with Gasteiger partial charge in [-0.25, -0.2) is 17.2 Å². The summed E-state index contributed by atoms with van der Waals surface area (Å²) >= 11 is 5.92. The number of nitrogens with one attached hydrogen (secondary N) is 1. The molecule has 2 aromatic rings. The third-order valence-electron chi connectivity index (χ3n) is 5.90. The molecule has 2 aliphatic rings. The van der Waals surface area contributed by atoms with E-state index < -0.39 is 44.0 Å². The molecular weight excluding hydrogens is 452 g/mol. The van der Waals surface area contributed by atoms with Gasteiger partial charge in [-0.1, -0.05) is 11.6 Å². The van der Waals surface area contributed by atoms with Crippen LogP contribution in [0.15, 0.2) is 41.3 Å². The molecule has 0 bridgehead atoms. The lowest BCUT2D eigenvalue weighted by Gasteiger charge is -2.50. The van der Waals surface area contributed by atoms with Gasteiger partial charge < -0.3 is 14.8 Å². The van der Waals surface area contributed by atoms with Crippen LogP contribution in [0.4, 0.5) is 8.78 Å². The van der Waals surface area contributed by atoms with Gasteiger partial charge in [0.15, 0.2) is 21.4 Å². The summed E-state index contributed by atoms with van der Waals surface area (Å²) < 4.78 is 67.3. The first-order valence-corrected chi connectivity index (χ1v) is 11.5. The third kappa shape index (κ3) is 3.48. The Morgan fingerprint density at radius 2 is 1.87 bits per heavy atom. The Hall–Kier alpha value is -2.23. The van der Waals surface area contributed by atoms with Gasteiger partial charge in [-0.05, 0) is 42.8 Å². The Balaban J connectivity index is 1.96.